The predicted octanol–water partition coefficient (Wildman–Crippen LogP) is 1.50. The van der Waals surface area contributed by atoms with Crippen molar-refractivity contribution >= 4 is 17.2 Å². The first-order valence-electron chi connectivity index (χ1n) is 3.25. The highest BCUT2D eigenvalue weighted by molar-refractivity contribution is 7.04. The summed E-state index contributed by atoms with van der Waals surface area (Å²) >= 11 is 1.44. The van der Waals surface area contributed by atoms with Crippen LogP contribution in [0.2, 0.25) is 0 Å². The van der Waals surface area contributed by atoms with Crippen LogP contribution in [0.25, 0.3) is 0 Å². The second-order valence-electron chi connectivity index (χ2n) is 2.08. The molecule has 2 rings (SSSR count). The number of nitrogens with one attached hydrogen (secondary N) is 1. The molecule has 0 radical (unpaired) electrons. The monoisotopic (exact) mass is 165 g/mol. The van der Waals surface area contributed by atoms with Gasteiger partial charge >= 0.3 is 0 Å². The Balaban J connectivity index is 2.19. The number of nitrogens with zero attached hydrogens (tertiary/aromatic N) is 2. The van der Waals surface area contributed by atoms with E-state index < -0.39 is 0 Å². The molecule has 0 aromatic carbocycles. The molecular formula is C7H7N3S. The molecule has 0 saturated carbocycles. The minimum absolute atomic E-state index is 1.07. The smallest absolute Gasteiger partial charge is 0.0930 e. The van der Waals surface area contributed by atoms with E-state index in [2.05, 4.69) is 9.80 Å². The van der Waals surface area contributed by atoms with Crippen LogP contribution in [0, 0.1) is 0 Å². The summed E-state index contributed by atoms with van der Waals surface area (Å²) in [5.41, 5.74) is 4.12. The van der Waals surface area contributed by atoms with E-state index in [1.54, 1.807) is 0 Å². The molecule has 0 unspecified atom stereocenters. The average molecular weight is 165 g/mol. The van der Waals surface area contributed by atoms with Crippen molar-refractivity contribution in [2.75, 3.05) is 5.01 Å². The molecule has 1 aromatic rings. The van der Waals surface area contributed by atoms with Crippen LogP contribution in [0.3, 0.4) is 0 Å². The Bertz CT molecular complexity index is 276. The van der Waals surface area contributed by atoms with Gasteiger partial charge in [0, 0.05) is 17.8 Å². The molecule has 0 aliphatic carbocycles. The first-order chi connectivity index (χ1) is 5.47. The second-order valence-corrected chi connectivity index (χ2v) is 2.74. The summed E-state index contributed by atoms with van der Waals surface area (Å²) in [6.45, 7) is 0. The van der Waals surface area contributed by atoms with E-state index in [4.69, 9.17) is 0 Å². The summed E-state index contributed by atoms with van der Waals surface area (Å²) in [5.74, 6) is 0. The number of rotatable bonds is 1. The van der Waals surface area contributed by atoms with Crippen LogP contribution in [0.5, 0.6) is 0 Å². The molecule has 0 amide bonds. The quantitative estimate of drug-likeness (QED) is 0.683. The Morgan fingerprint density at radius 1 is 1.45 bits per heavy atom. The van der Waals surface area contributed by atoms with E-state index in [1.807, 2.05) is 41.1 Å². The van der Waals surface area contributed by atoms with Crippen LogP contribution in [-0.4, -0.2) is 4.37 Å². The van der Waals surface area contributed by atoms with Gasteiger partial charge in [-0.15, -0.1) is 0 Å². The van der Waals surface area contributed by atoms with Gasteiger partial charge in [-0.05, 0) is 23.7 Å². The molecule has 1 aliphatic rings. The highest BCUT2D eigenvalue weighted by Crippen LogP contribution is 2.14. The van der Waals surface area contributed by atoms with Gasteiger partial charge in [0.2, 0.25) is 0 Å². The fraction of sp³-hybridized carbons (Fsp3) is 0. The van der Waals surface area contributed by atoms with Crippen molar-refractivity contribution < 1.29 is 0 Å². The van der Waals surface area contributed by atoms with Gasteiger partial charge in [-0.3, -0.25) is 5.01 Å². The van der Waals surface area contributed by atoms with Crippen LogP contribution in [0.15, 0.2) is 36.1 Å². The molecule has 1 aliphatic heterocycles. The lowest BCUT2D eigenvalue weighted by molar-refractivity contribution is 0.869. The molecule has 0 fully saturated rings. The zero-order valence-corrected chi connectivity index (χ0v) is 6.58. The van der Waals surface area contributed by atoms with Gasteiger partial charge in [0.1, 0.15) is 0 Å². The summed E-state index contributed by atoms with van der Waals surface area (Å²) in [6, 6.07) is 0. The van der Waals surface area contributed by atoms with Gasteiger partial charge < -0.3 is 5.43 Å². The Labute approximate surface area is 68.8 Å². The van der Waals surface area contributed by atoms with E-state index in [1.165, 1.54) is 11.5 Å². The minimum atomic E-state index is 1.07. The van der Waals surface area contributed by atoms with E-state index in [-0.39, 0.29) is 0 Å². The minimum Gasteiger partial charge on any atom is -0.302 e. The van der Waals surface area contributed by atoms with Crippen LogP contribution < -0.4 is 10.4 Å². The maximum absolute atomic E-state index is 4.00. The highest BCUT2D eigenvalue weighted by Gasteiger charge is 2.01. The largest absolute Gasteiger partial charge is 0.302 e. The summed E-state index contributed by atoms with van der Waals surface area (Å²) in [6.07, 6.45) is 9.55. The lowest BCUT2D eigenvalue weighted by Gasteiger charge is -2.19. The standard InChI is InChI=1S/C7H7N3S/c1-2-4-10(8-3-1)7-5-9-11-6-7/h1-6,8H. The van der Waals surface area contributed by atoms with Crippen molar-refractivity contribution in [2.45, 2.75) is 0 Å². The van der Waals surface area contributed by atoms with Gasteiger partial charge in [0.15, 0.2) is 0 Å². The number of aromatic nitrogens is 1. The van der Waals surface area contributed by atoms with Crippen molar-refractivity contribution in [3.05, 3.63) is 36.1 Å². The van der Waals surface area contributed by atoms with E-state index in [0.717, 1.165) is 5.69 Å². The van der Waals surface area contributed by atoms with Crippen LogP contribution >= 0.6 is 11.5 Å². The molecule has 3 nitrogen and oxygen atoms in total. The molecule has 1 aromatic heterocycles. The van der Waals surface area contributed by atoms with Crippen molar-refractivity contribution in [3.8, 4) is 0 Å². The molecule has 11 heavy (non-hydrogen) atoms. The maximum atomic E-state index is 4.00. The van der Waals surface area contributed by atoms with Crippen LogP contribution in [0.4, 0.5) is 5.69 Å². The lowest BCUT2D eigenvalue weighted by Crippen LogP contribution is -2.29. The third-order valence-corrected chi connectivity index (χ3v) is 1.93. The van der Waals surface area contributed by atoms with Gasteiger partial charge in [0.25, 0.3) is 0 Å². The molecule has 0 atom stereocenters. The molecule has 56 valence electrons. The first-order valence-corrected chi connectivity index (χ1v) is 4.08. The number of anilines is 1. The summed E-state index contributed by atoms with van der Waals surface area (Å²) in [4.78, 5) is 0. The molecule has 1 N–H and O–H groups in total. The SMILES string of the molecule is C1=CNN(c2cnsc2)C=C1. The van der Waals surface area contributed by atoms with Gasteiger partial charge in [-0.1, -0.05) is 0 Å². The number of hydrogen-bond acceptors (Lipinski definition) is 4. The normalized spacial score (nSPS) is 15.1. The Hall–Kier alpha value is -1.29. The highest BCUT2D eigenvalue weighted by atomic mass is 32.1. The summed E-state index contributed by atoms with van der Waals surface area (Å²) in [5, 5.41) is 3.89. The first kappa shape index (κ1) is 6.42. The van der Waals surface area contributed by atoms with Gasteiger partial charge in [-0.25, -0.2) is 0 Å². The molecule has 0 spiro atoms. The Morgan fingerprint density at radius 3 is 3.09 bits per heavy atom. The van der Waals surface area contributed by atoms with Gasteiger partial charge in [-0.2, -0.15) is 4.37 Å². The molecule has 2 heterocycles. The average Bonchev–Trinajstić information content (AvgIpc) is 2.58. The van der Waals surface area contributed by atoms with Crippen molar-refractivity contribution in [1.29, 1.82) is 0 Å². The van der Waals surface area contributed by atoms with Gasteiger partial charge in [0.05, 0.1) is 11.9 Å². The van der Waals surface area contributed by atoms with Crippen LogP contribution in [-0.2, 0) is 0 Å². The van der Waals surface area contributed by atoms with E-state index >= 15 is 0 Å². The fourth-order valence-electron chi connectivity index (χ4n) is 0.837. The molecule has 0 bridgehead atoms. The predicted molar refractivity (Wildman–Crippen MR) is 46.0 cm³/mol. The van der Waals surface area contributed by atoms with E-state index in [9.17, 15) is 0 Å². The fourth-order valence-corrected chi connectivity index (χ4v) is 1.35. The summed E-state index contributed by atoms with van der Waals surface area (Å²) in [7, 11) is 0. The Kier molecular flexibility index (Phi) is 1.61. The topological polar surface area (TPSA) is 28.2 Å². The van der Waals surface area contributed by atoms with Crippen molar-refractivity contribution in [2.24, 2.45) is 0 Å². The number of hydrogen-bond donors (Lipinski definition) is 1. The summed E-state index contributed by atoms with van der Waals surface area (Å²) < 4.78 is 4.00. The van der Waals surface area contributed by atoms with E-state index in [0.29, 0.717) is 0 Å². The third-order valence-electron chi connectivity index (χ3n) is 1.35. The third kappa shape index (κ3) is 1.25. The number of hydrazine groups is 1. The lowest BCUT2D eigenvalue weighted by atomic mass is 10.5. The number of allylic oxidation sites excluding steroid dienone is 2. The van der Waals surface area contributed by atoms with Crippen molar-refractivity contribution in [3.63, 3.8) is 0 Å². The zero-order valence-electron chi connectivity index (χ0n) is 5.77. The second kappa shape index (κ2) is 2.75. The zero-order chi connectivity index (χ0) is 7.52. The van der Waals surface area contributed by atoms with Crippen molar-refractivity contribution in [1.82, 2.24) is 9.80 Å². The van der Waals surface area contributed by atoms with Crippen LogP contribution in [0.1, 0.15) is 0 Å². The maximum Gasteiger partial charge on any atom is 0.0930 e. The molecule has 0 saturated heterocycles. The Morgan fingerprint density at radius 2 is 2.45 bits per heavy atom. The molecule has 4 heteroatoms. The molecular weight excluding hydrogens is 158 g/mol.